The standard InChI is InChI=1S/C12H17BO4/c1-3-4-5-9-17-11-8-6-7-10(16-2)12(11)13(14)15/h3,6-8,14-15H,1,4-5,9H2,2H3. The third kappa shape index (κ3) is 3.80. The van der Waals surface area contributed by atoms with E-state index in [4.69, 9.17) is 9.47 Å². The summed E-state index contributed by atoms with van der Waals surface area (Å²) in [7, 11) is -0.136. The van der Waals surface area contributed by atoms with Gasteiger partial charge in [0.2, 0.25) is 0 Å². The van der Waals surface area contributed by atoms with Crippen LogP contribution in [-0.2, 0) is 0 Å². The van der Waals surface area contributed by atoms with E-state index in [0.29, 0.717) is 18.1 Å². The van der Waals surface area contributed by atoms with E-state index in [2.05, 4.69) is 6.58 Å². The Hall–Kier alpha value is -1.46. The topological polar surface area (TPSA) is 58.9 Å². The van der Waals surface area contributed by atoms with Crippen LogP contribution in [0.25, 0.3) is 0 Å². The van der Waals surface area contributed by atoms with Gasteiger partial charge in [-0.1, -0.05) is 12.1 Å². The molecule has 0 atom stereocenters. The minimum atomic E-state index is -1.61. The van der Waals surface area contributed by atoms with Gasteiger partial charge in [-0.3, -0.25) is 0 Å². The Morgan fingerprint density at radius 1 is 1.35 bits per heavy atom. The maximum atomic E-state index is 9.30. The van der Waals surface area contributed by atoms with E-state index in [-0.39, 0.29) is 5.46 Å². The Bertz CT molecular complexity index is 366. The molecule has 2 N–H and O–H groups in total. The molecule has 1 aromatic rings. The van der Waals surface area contributed by atoms with Gasteiger partial charge in [0.25, 0.3) is 0 Å². The van der Waals surface area contributed by atoms with Crippen molar-refractivity contribution in [1.82, 2.24) is 0 Å². The second kappa shape index (κ2) is 6.99. The Labute approximate surface area is 102 Å². The summed E-state index contributed by atoms with van der Waals surface area (Å²) in [5, 5.41) is 18.6. The van der Waals surface area contributed by atoms with Gasteiger partial charge >= 0.3 is 7.12 Å². The van der Waals surface area contributed by atoms with E-state index in [1.807, 2.05) is 6.08 Å². The van der Waals surface area contributed by atoms with E-state index in [1.54, 1.807) is 18.2 Å². The number of benzene rings is 1. The molecule has 0 aliphatic rings. The highest BCUT2D eigenvalue weighted by Gasteiger charge is 2.22. The van der Waals surface area contributed by atoms with Crippen LogP contribution >= 0.6 is 0 Å². The van der Waals surface area contributed by atoms with Crippen molar-refractivity contribution in [2.75, 3.05) is 13.7 Å². The molecule has 0 fully saturated rings. The minimum absolute atomic E-state index is 0.258. The first kappa shape index (κ1) is 13.6. The molecule has 1 aromatic carbocycles. The highest BCUT2D eigenvalue weighted by Crippen LogP contribution is 2.17. The molecule has 0 amide bonds. The van der Waals surface area contributed by atoms with Crippen LogP contribution < -0.4 is 14.9 Å². The summed E-state index contributed by atoms with van der Waals surface area (Å²) < 4.78 is 10.6. The van der Waals surface area contributed by atoms with E-state index >= 15 is 0 Å². The van der Waals surface area contributed by atoms with Crippen LogP contribution in [0.15, 0.2) is 30.9 Å². The van der Waals surface area contributed by atoms with Crippen molar-refractivity contribution < 1.29 is 19.5 Å². The third-order valence-electron chi connectivity index (χ3n) is 2.31. The molecule has 0 aliphatic heterocycles. The number of hydrogen-bond acceptors (Lipinski definition) is 4. The van der Waals surface area contributed by atoms with Gasteiger partial charge in [-0.15, -0.1) is 6.58 Å². The summed E-state index contributed by atoms with van der Waals surface area (Å²) in [5.41, 5.74) is 0.258. The van der Waals surface area contributed by atoms with E-state index in [1.165, 1.54) is 7.11 Å². The molecule has 92 valence electrons. The van der Waals surface area contributed by atoms with Gasteiger partial charge in [0.1, 0.15) is 11.5 Å². The lowest BCUT2D eigenvalue weighted by Crippen LogP contribution is -2.33. The van der Waals surface area contributed by atoms with Gasteiger partial charge < -0.3 is 19.5 Å². The smallest absolute Gasteiger partial charge is 0.496 e. The normalized spacial score (nSPS) is 9.82. The molecule has 0 heterocycles. The summed E-state index contributed by atoms with van der Waals surface area (Å²) in [6.07, 6.45) is 3.51. The number of methoxy groups -OCH3 is 1. The van der Waals surface area contributed by atoms with Crippen molar-refractivity contribution in [3.63, 3.8) is 0 Å². The summed E-state index contributed by atoms with van der Waals surface area (Å²) >= 11 is 0. The number of allylic oxidation sites excluding steroid dienone is 1. The highest BCUT2D eigenvalue weighted by atomic mass is 16.5. The molecule has 5 heteroatoms. The van der Waals surface area contributed by atoms with Crippen LogP contribution in [0.3, 0.4) is 0 Å². The summed E-state index contributed by atoms with van der Waals surface area (Å²) in [6.45, 7) is 4.12. The lowest BCUT2D eigenvalue weighted by molar-refractivity contribution is 0.310. The largest absolute Gasteiger partial charge is 0.497 e. The lowest BCUT2D eigenvalue weighted by atomic mass is 9.78. The molecular weight excluding hydrogens is 219 g/mol. The van der Waals surface area contributed by atoms with Gasteiger partial charge in [0, 0.05) is 0 Å². The molecule has 0 saturated carbocycles. The lowest BCUT2D eigenvalue weighted by Gasteiger charge is -2.13. The Kier molecular flexibility index (Phi) is 5.59. The fraction of sp³-hybridized carbons (Fsp3) is 0.333. The first-order valence-corrected chi connectivity index (χ1v) is 5.47. The Morgan fingerprint density at radius 3 is 2.65 bits per heavy atom. The fourth-order valence-corrected chi connectivity index (χ4v) is 1.49. The Morgan fingerprint density at radius 2 is 2.06 bits per heavy atom. The first-order valence-electron chi connectivity index (χ1n) is 5.47. The van der Waals surface area contributed by atoms with Crippen molar-refractivity contribution in [2.24, 2.45) is 0 Å². The van der Waals surface area contributed by atoms with E-state index < -0.39 is 7.12 Å². The van der Waals surface area contributed by atoms with E-state index in [9.17, 15) is 10.0 Å². The molecule has 0 aliphatic carbocycles. The minimum Gasteiger partial charge on any atom is -0.497 e. The molecule has 17 heavy (non-hydrogen) atoms. The highest BCUT2D eigenvalue weighted by molar-refractivity contribution is 6.60. The van der Waals surface area contributed by atoms with Crippen LogP contribution in [0, 0.1) is 0 Å². The summed E-state index contributed by atoms with van der Waals surface area (Å²) in [4.78, 5) is 0. The zero-order valence-corrected chi connectivity index (χ0v) is 9.93. The maximum Gasteiger partial charge on any atom is 0.496 e. The zero-order chi connectivity index (χ0) is 12.7. The predicted octanol–water partition coefficient (Wildman–Crippen LogP) is 0.720. The van der Waals surface area contributed by atoms with Crippen LogP contribution in [0.2, 0.25) is 0 Å². The molecule has 0 bridgehead atoms. The van der Waals surface area contributed by atoms with Gasteiger partial charge in [-0.25, -0.2) is 0 Å². The Balaban J connectivity index is 2.79. The SMILES string of the molecule is C=CCCCOc1cccc(OC)c1B(O)O. The van der Waals surface area contributed by atoms with Gasteiger partial charge in [-0.05, 0) is 25.0 Å². The number of ether oxygens (including phenoxy) is 2. The maximum absolute atomic E-state index is 9.30. The molecule has 4 nitrogen and oxygen atoms in total. The predicted molar refractivity (Wildman–Crippen MR) is 67.7 cm³/mol. The third-order valence-corrected chi connectivity index (χ3v) is 2.31. The number of rotatable bonds is 7. The van der Waals surface area contributed by atoms with Gasteiger partial charge in [-0.2, -0.15) is 0 Å². The van der Waals surface area contributed by atoms with Crippen molar-refractivity contribution in [1.29, 1.82) is 0 Å². The van der Waals surface area contributed by atoms with Crippen molar-refractivity contribution in [2.45, 2.75) is 12.8 Å². The van der Waals surface area contributed by atoms with Crippen molar-refractivity contribution >= 4 is 12.6 Å². The average Bonchev–Trinajstić information content (AvgIpc) is 2.33. The molecule has 0 aromatic heterocycles. The molecule has 1 rings (SSSR count). The summed E-state index contributed by atoms with van der Waals surface area (Å²) in [6, 6.07) is 5.09. The van der Waals surface area contributed by atoms with Gasteiger partial charge in [0.05, 0.1) is 19.2 Å². The van der Waals surface area contributed by atoms with Gasteiger partial charge in [0.15, 0.2) is 0 Å². The quantitative estimate of drug-likeness (QED) is 0.416. The van der Waals surface area contributed by atoms with Crippen LogP contribution in [0.4, 0.5) is 0 Å². The number of unbranched alkanes of at least 4 members (excludes halogenated alkanes) is 1. The average molecular weight is 236 g/mol. The number of hydrogen-bond donors (Lipinski definition) is 2. The second-order valence-electron chi connectivity index (χ2n) is 3.53. The zero-order valence-electron chi connectivity index (χ0n) is 9.93. The molecule has 0 unspecified atom stereocenters. The van der Waals surface area contributed by atoms with Crippen LogP contribution in [0.1, 0.15) is 12.8 Å². The van der Waals surface area contributed by atoms with Crippen LogP contribution in [0.5, 0.6) is 11.5 Å². The van der Waals surface area contributed by atoms with Crippen molar-refractivity contribution in [3.05, 3.63) is 30.9 Å². The molecule has 0 saturated heterocycles. The first-order chi connectivity index (χ1) is 8.20. The monoisotopic (exact) mass is 236 g/mol. The van der Waals surface area contributed by atoms with Crippen molar-refractivity contribution in [3.8, 4) is 11.5 Å². The fourth-order valence-electron chi connectivity index (χ4n) is 1.49. The molecule has 0 spiro atoms. The molecular formula is C12H17BO4. The summed E-state index contributed by atoms with van der Waals surface area (Å²) in [5.74, 6) is 0.838. The van der Waals surface area contributed by atoms with E-state index in [0.717, 1.165) is 12.8 Å². The molecule has 0 radical (unpaired) electrons. The second-order valence-corrected chi connectivity index (χ2v) is 3.53. The van der Waals surface area contributed by atoms with Crippen LogP contribution in [-0.4, -0.2) is 30.9 Å².